The van der Waals surface area contributed by atoms with Crippen molar-refractivity contribution in [2.75, 3.05) is 26.2 Å². The van der Waals surface area contributed by atoms with E-state index in [1.165, 1.54) is 0 Å². The van der Waals surface area contributed by atoms with Crippen LogP contribution in [-0.2, 0) is 23.6 Å². The Hall–Kier alpha value is -0.890. The van der Waals surface area contributed by atoms with Crippen LogP contribution in [0.15, 0.2) is 17.2 Å². The molecule has 1 aromatic rings. The molecule has 114 valence electrons. The van der Waals surface area contributed by atoms with Gasteiger partial charge in [-0.15, -0.1) is 0 Å². The summed E-state index contributed by atoms with van der Waals surface area (Å²) in [6.07, 6.45) is 1.65. The fourth-order valence-electron chi connectivity index (χ4n) is 2.72. The Morgan fingerprint density at radius 2 is 2.10 bits per heavy atom. The predicted molar refractivity (Wildman–Crippen MR) is 78.8 cm³/mol. The van der Waals surface area contributed by atoms with E-state index in [-0.39, 0.29) is 6.04 Å². The molecule has 1 atom stereocenters. The summed E-state index contributed by atoms with van der Waals surface area (Å²) in [5.41, 5.74) is 6.43. The first-order valence-corrected chi connectivity index (χ1v) is 8.43. The Kier molecular flexibility index (Phi) is 4.53. The van der Waals surface area contributed by atoms with E-state index in [1.807, 2.05) is 7.05 Å². The van der Waals surface area contributed by atoms with Gasteiger partial charge in [0.2, 0.25) is 10.0 Å². The van der Waals surface area contributed by atoms with E-state index >= 15 is 0 Å². The van der Waals surface area contributed by atoms with E-state index < -0.39 is 10.0 Å². The summed E-state index contributed by atoms with van der Waals surface area (Å²) in [5.74, 6) is 0. The lowest BCUT2D eigenvalue weighted by atomic mass is 10.2. The predicted octanol–water partition coefficient (Wildman–Crippen LogP) is 0.199. The molecule has 0 bridgehead atoms. The van der Waals surface area contributed by atoms with Crippen LogP contribution in [0.1, 0.15) is 19.5 Å². The number of piperazine rings is 1. The zero-order valence-corrected chi connectivity index (χ0v) is 13.2. The molecule has 2 heterocycles. The molecule has 0 amide bonds. The number of nitrogens with two attached hydrogens (primary N) is 1. The highest BCUT2D eigenvalue weighted by Gasteiger charge is 2.32. The molecular weight excluding hydrogens is 276 g/mol. The maximum absolute atomic E-state index is 12.7. The van der Waals surface area contributed by atoms with Gasteiger partial charge in [0.15, 0.2) is 0 Å². The number of likely N-dealkylation sites (N-methyl/N-ethyl adjacent to an activating group) is 1. The van der Waals surface area contributed by atoms with Crippen molar-refractivity contribution in [3.63, 3.8) is 0 Å². The molecule has 2 rings (SSSR count). The van der Waals surface area contributed by atoms with Crippen LogP contribution in [0.5, 0.6) is 0 Å². The number of nitrogens with zero attached hydrogens (tertiary/aromatic N) is 3. The van der Waals surface area contributed by atoms with Gasteiger partial charge in [-0.05, 0) is 19.5 Å². The Balaban J connectivity index is 2.22. The van der Waals surface area contributed by atoms with Gasteiger partial charge in [-0.25, -0.2) is 8.42 Å². The summed E-state index contributed by atoms with van der Waals surface area (Å²) in [7, 11) is -1.59. The van der Waals surface area contributed by atoms with Crippen molar-refractivity contribution in [2.24, 2.45) is 12.8 Å². The van der Waals surface area contributed by atoms with Gasteiger partial charge < -0.3 is 10.3 Å². The standard InChI is InChI=1S/C13H24N4O2S/c1-4-16-5-6-17(9-11(16)2)20(18,19)13-7-12(8-14)15(3)10-13/h7,10-11H,4-6,8-9,14H2,1-3H3. The van der Waals surface area contributed by atoms with Gasteiger partial charge in [0, 0.05) is 51.2 Å². The number of hydrogen-bond donors (Lipinski definition) is 1. The summed E-state index contributed by atoms with van der Waals surface area (Å²) < 4.78 is 28.7. The molecule has 6 nitrogen and oxygen atoms in total. The third-order valence-corrected chi connectivity index (χ3v) is 5.89. The summed E-state index contributed by atoms with van der Waals surface area (Å²) in [6.45, 7) is 7.35. The van der Waals surface area contributed by atoms with Crippen LogP contribution in [0.25, 0.3) is 0 Å². The van der Waals surface area contributed by atoms with Gasteiger partial charge in [0.05, 0.1) is 0 Å². The minimum Gasteiger partial charge on any atom is -0.352 e. The normalized spacial score (nSPS) is 22.3. The second kappa shape index (κ2) is 5.85. The Bertz CT molecular complexity index is 567. The van der Waals surface area contributed by atoms with Crippen LogP contribution in [0.4, 0.5) is 0 Å². The second-order valence-electron chi connectivity index (χ2n) is 5.32. The van der Waals surface area contributed by atoms with Crippen LogP contribution in [0.3, 0.4) is 0 Å². The monoisotopic (exact) mass is 300 g/mol. The SMILES string of the molecule is CCN1CCN(S(=O)(=O)c2cc(CN)n(C)c2)CC1C. The molecule has 0 radical (unpaired) electrons. The quantitative estimate of drug-likeness (QED) is 0.862. The fraction of sp³-hybridized carbons (Fsp3) is 0.692. The smallest absolute Gasteiger partial charge is 0.244 e. The number of aryl methyl sites for hydroxylation is 1. The van der Waals surface area contributed by atoms with Gasteiger partial charge in [-0.2, -0.15) is 4.31 Å². The lowest BCUT2D eigenvalue weighted by molar-refractivity contribution is 0.135. The van der Waals surface area contributed by atoms with Gasteiger partial charge in [0.1, 0.15) is 4.90 Å². The molecule has 0 aliphatic carbocycles. The van der Waals surface area contributed by atoms with Gasteiger partial charge >= 0.3 is 0 Å². The summed E-state index contributed by atoms with van der Waals surface area (Å²) >= 11 is 0. The first-order valence-electron chi connectivity index (χ1n) is 6.99. The lowest BCUT2D eigenvalue weighted by Crippen LogP contribution is -2.53. The molecule has 1 fully saturated rings. The number of sulfonamides is 1. The maximum Gasteiger partial charge on any atom is 0.244 e. The molecule has 2 N–H and O–H groups in total. The molecule has 1 aliphatic heterocycles. The summed E-state index contributed by atoms with van der Waals surface area (Å²) in [4.78, 5) is 2.64. The molecule has 7 heteroatoms. The van der Waals surface area contributed by atoms with Crippen molar-refractivity contribution < 1.29 is 8.42 Å². The minimum absolute atomic E-state index is 0.251. The number of hydrogen-bond acceptors (Lipinski definition) is 4. The third-order valence-electron chi connectivity index (χ3n) is 4.06. The van der Waals surface area contributed by atoms with Crippen molar-refractivity contribution in [2.45, 2.75) is 31.3 Å². The van der Waals surface area contributed by atoms with Crippen LogP contribution >= 0.6 is 0 Å². The molecule has 1 aliphatic rings. The van der Waals surface area contributed by atoms with E-state index in [4.69, 9.17) is 5.73 Å². The van der Waals surface area contributed by atoms with Crippen molar-refractivity contribution >= 4 is 10.0 Å². The molecular formula is C13H24N4O2S. The molecule has 0 saturated carbocycles. The fourth-order valence-corrected chi connectivity index (χ4v) is 4.33. The van der Waals surface area contributed by atoms with Crippen LogP contribution < -0.4 is 5.73 Å². The number of rotatable bonds is 4. The highest BCUT2D eigenvalue weighted by Crippen LogP contribution is 2.21. The second-order valence-corrected chi connectivity index (χ2v) is 7.26. The highest BCUT2D eigenvalue weighted by atomic mass is 32.2. The highest BCUT2D eigenvalue weighted by molar-refractivity contribution is 7.89. The molecule has 0 aromatic carbocycles. The number of aromatic nitrogens is 1. The molecule has 0 spiro atoms. The first kappa shape index (κ1) is 15.5. The average Bonchev–Trinajstić information content (AvgIpc) is 2.80. The average molecular weight is 300 g/mol. The Morgan fingerprint density at radius 3 is 2.60 bits per heavy atom. The van der Waals surface area contributed by atoms with Gasteiger partial charge in [0.25, 0.3) is 0 Å². The maximum atomic E-state index is 12.7. The van der Waals surface area contributed by atoms with E-state index in [2.05, 4.69) is 18.7 Å². The zero-order valence-electron chi connectivity index (χ0n) is 12.4. The van der Waals surface area contributed by atoms with Crippen LogP contribution in [0.2, 0.25) is 0 Å². The topological polar surface area (TPSA) is 71.6 Å². The van der Waals surface area contributed by atoms with E-state index in [1.54, 1.807) is 21.1 Å². The van der Waals surface area contributed by atoms with Crippen molar-refractivity contribution in [1.82, 2.24) is 13.8 Å². The minimum atomic E-state index is -3.41. The van der Waals surface area contributed by atoms with Gasteiger partial charge in [-0.3, -0.25) is 4.90 Å². The summed E-state index contributed by atoms with van der Waals surface area (Å²) in [6, 6.07) is 1.92. The van der Waals surface area contributed by atoms with Crippen LogP contribution in [-0.4, -0.2) is 54.4 Å². The Labute approximate surface area is 121 Å². The third kappa shape index (κ3) is 2.76. The Morgan fingerprint density at radius 1 is 1.40 bits per heavy atom. The van der Waals surface area contributed by atoms with Crippen molar-refractivity contribution in [3.8, 4) is 0 Å². The van der Waals surface area contributed by atoms with Crippen molar-refractivity contribution in [1.29, 1.82) is 0 Å². The zero-order chi connectivity index (χ0) is 14.9. The largest absolute Gasteiger partial charge is 0.352 e. The van der Waals surface area contributed by atoms with E-state index in [0.717, 1.165) is 18.8 Å². The molecule has 20 heavy (non-hydrogen) atoms. The molecule has 1 unspecified atom stereocenters. The first-order chi connectivity index (χ1) is 9.40. The molecule has 1 saturated heterocycles. The van der Waals surface area contributed by atoms with E-state index in [9.17, 15) is 8.42 Å². The summed E-state index contributed by atoms with van der Waals surface area (Å²) in [5, 5.41) is 0. The molecule has 1 aromatic heterocycles. The van der Waals surface area contributed by atoms with Crippen LogP contribution in [0, 0.1) is 0 Å². The lowest BCUT2D eigenvalue weighted by Gasteiger charge is -2.38. The van der Waals surface area contributed by atoms with Crippen molar-refractivity contribution in [3.05, 3.63) is 18.0 Å². The van der Waals surface area contributed by atoms with Gasteiger partial charge in [-0.1, -0.05) is 6.92 Å². The van der Waals surface area contributed by atoms with E-state index in [0.29, 0.717) is 24.5 Å².